The Kier molecular flexibility index (Phi) is 5.03. The molecule has 2 aliphatic rings. The number of rotatable bonds is 4. The van der Waals surface area contributed by atoms with Crippen LogP contribution in [0.3, 0.4) is 0 Å². The fourth-order valence-electron chi connectivity index (χ4n) is 4.99. The Morgan fingerprint density at radius 1 is 1.27 bits per heavy atom. The van der Waals surface area contributed by atoms with Crippen LogP contribution < -0.4 is 5.32 Å². The molecule has 0 spiro atoms. The second-order valence-corrected chi connectivity index (χ2v) is 9.29. The minimum atomic E-state index is -0.0638. The Balaban J connectivity index is 1.50. The van der Waals surface area contributed by atoms with Crippen molar-refractivity contribution < 1.29 is 4.79 Å². The standard InChI is InChI=1S/C23H27N5OS/c1-14-26-22-20(28(14)12-15-4-6-17(30-3)7-5-15)10-16(11-25-22)19-13-27(2)23(29)21-18(19)8-9-24-21/h4-7,10-11,18-19,21,24H,8-9,12-13H2,1-3H3. The highest BCUT2D eigenvalue weighted by molar-refractivity contribution is 7.98. The molecule has 30 heavy (non-hydrogen) atoms. The second kappa shape index (κ2) is 7.71. The van der Waals surface area contributed by atoms with Crippen LogP contribution in [0.1, 0.15) is 29.3 Å². The van der Waals surface area contributed by atoms with Crippen molar-refractivity contribution >= 4 is 28.8 Å². The number of carbonyl (C=O) groups is 1. The fourth-order valence-corrected chi connectivity index (χ4v) is 5.40. The van der Waals surface area contributed by atoms with Gasteiger partial charge in [0, 0.05) is 37.1 Å². The van der Waals surface area contributed by atoms with Gasteiger partial charge in [-0.15, -0.1) is 11.8 Å². The number of hydrogen-bond donors (Lipinski definition) is 1. The molecule has 6 nitrogen and oxygen atoms in total. The van der Waals surface area contributed by atoms with Crippen LogP contribution in [-0.2, 0) is 11.3 Å². The number of fused-ring (bicyclic) bond motifs is 2. The SMILES string of the molecule is CSc1ccc(Cn2c(C)nc3ncc(C4CN(C)C(=O)C5NCCC54)cc32)cc1. The molecule has 2 aromatic heterocycles. The molecular formula is C23H27N5OS. The van der Waals surface area contributed by atoms with Gasteiger partial charge in [-0.05, 0) is 61.4 Å². The van der Waals surface area contributed by atoms with E-state index in [0.717, 1.165) is 43.0 Å². The maximum absolute atomic E-state index is 12.5. The van der Waals surface area contributed by atoms with E-state index in [2.05, 4.69) is 46.5 Å². The quantitative estimate of drug-likeness (QED) is 0.656. The molecule has 7 heteroatoms. The minimum absolute atomic E-state index is 0.0638. The first-order chi connectivity index (χ1) is 14.5. The van der Waals surface area contributed by atoms with Gasteiger partial charge in [0.15, 0.2) is 5.65 Å². The third kappa shape index (κ3) is 3.30. The zero-order chi connectivity index (χ0) is 20.8. The summed E-state index contributed by atoms with van der Waals surface area (Å²) in [6, 6.07) is 10.9. The molecule has 2 fully saturated rings. The zero-order valence-corrected chi connectivity index (χ0v) is 18.4. The molecule has 0 aliphatic carbocycles. The third-order valence-corrected chi connectivity index (χ3v) is 7.39. The van der Waals surface area contributed by atoms with Crippen molar-refractivity contribution in [3.8, 4) is 0 Å². The van der Waals surface area contributed by atoms with Crippen molar-refractivity contribution in [3.63, 3.8) is 0 Å². The van der Waals surface area contributed by atoms with E-state index in [1.165, 1.54) is 16.0 Å². The first-order valence-electron chi connectivity index (χ1n) is 10.5. The molecule has 0 bridgehead atoms. The van der Waals surface area contributed by atoms with Crippen LogP contribution in [0.5, 0.6) is 0 Å². The third-order valence-electron chi connectivity index (χ3n) is 6.65. The van der Waals surface area contributed by atoms with Gasteiger partial charge >= 0.3 is 0 Å². The largest absolute Gasteiger partial charge is 0.344 e. The van der Waals surface area contributed by atoms with E-state index in [1.54, 1.807) is 11.8 Å². The van der Waals surface area contributed by atoms with Gasteiger partial charge in [0.1, 0.15) is 5.82 Å². The summed E-state index contributed by atoms with van der Waals surface area (Å²) in [6.45, 7) is 4.47. The lowest BCUT2D eigenvalue weighted by Crippen LogP contribution is -2.52. The molecule has 156 valence electrons. The minimum Gasteiger partial charge on any atom is -0.344 e. The van der Waals surface area contributed by atoms with Gasteiger partial charge in [0.05, 0.1) is 11.6 Å². The number of amides is 1. The summed E-state index contributed by atoms with van der Waals surface area (Å²) in [5.41, 5.74) is 4.32. The van der Waals surface area contributed by atoms with Crippen molar-refractivity contribution in [2.45, 2.75) is 36.7 Å². The van der Waals surface area contributed by atoms with Crippen molar-refractivity contribution in [1.29, 1.82) is 0 Å². The van der Waals surface area contributed by atoms with Crippen molar-refractivity contribution in [3.05, 3.63) is 53.5 Å². The number of pyridine rings is 1. The summed E-state index contributed by atoms with van der Waals surface area (Å²) >= 11 is 1.75. The highest BCUT2D eigenvalue weighted by atomic mass is 32.2. The lowest BCUT2D eigenvalue weighted by atomic mass is 9.78. The summed E-state index contributed by atoms with van der Waals surface area (Å²) in [5.74, 6) is 1.83. The number of likely N-dealkylation sites (N-methyl/N-ethyl adjacent to an activating group) is 1. The number of benzene rings is 1. The van der Waals surface area contributed by atoms with Crippen molar-refractivity contribution in [2.24, 2.45) is 5.92 Å². The van der Waals surface area contributed by atoms with Gasteiger partial charge in [0.2, 0.25) is 5.91 Å². The van der Waals surface area contributed by atoms with E-state index < -0.39 is 0 Å². The molecule has 3 aromatic rings. The number of imidazole rings is 1. The molecule has 4 heterocycles. The van der Waals surface area contributed by atoms with Crippen LogP contribution in [-0.4, -0.2) is 57.8 Å². The molecule has 0 radical (unpaired) electrons. The number of aryl methyl sites for hydroxylation is 1. The van der Waals surface area contributed by atoms with Gasteiger partial charge in [0.25, 0.3) is 0 Å². The van der Waals surface area contributed by atoms with Crippen LogP contribution in [0.2, 0.25) is 0 Å². The smallest absolute Gasteiger partial charge is 0.239 e. The number of nitrogens with one attached hydrogen (secondary N) is 1. The maximum atomic E-state index is 12.5. The summed E-state index contributed by atoms with van der Waals surface area (Å²) in [4.78, 5) is 25.1. The fraction of sp³-hybridized carbons (Fsp3) is 0.435. The van der Waals surface area contributed by atoms with E-state index in [4.69, 9.17) is 9.97 Å². The molecule has 2 aliphatic heterocycles. The van der Waals surface area contributed by atoms with Gasteiger partial charge in [-0.25, -0.2) is 9.97 Å². The van der Waals surface area contributed by atoms with Crippen molar-refractivity contribution in [1.82, 2.24) is 24.8 Å². The topological polar surface area (TPSA) is 63.1 Å². The van der Waals surface area contributed by atoms with Crippen LogP contribution in [0, 0.1) is 12.8 Å². The van der Waals surface area contributed by atoms with E-state index >= 15 is 0 Å². The molecule has 2 saturated heterocycles. The normalized spacial score (nSPS) is 23.9. The molecule has 1 amide bonds. The predicted molar refractivity (Wildman–Crippen MR) is 120 cm³/mol. The first-order valence-corrected chi connectivity index (χ1v) is 11.7. The zero-order valence-electron chi connectivity index (χ0n) is 17.6. The summed E-state index contributed by atoms with van der Waals surface area (Å²) in [6.07, 6.45) is 5.10. The number of hydrogen-bond acceptors (Lipinski definition) is 5. The number of carbonyl (C=O) groups excluding carboxylic acids is 1. The van der Waals surface area contributed by atoms with Crippen LogP contribution >= 0.6 is 11.8 Å². The molecule has 0 saturated carbocycles. The Morgan fingerprint density at radius 2 is 2.07 bits per heavy atom. The maximum Gasteiger partial charge on any atom is 0.239 e. The van der Waals surface area contributed by atoms with Gasteiger partial charge in [-0.3, -0.25) is 4.79 Å². The van der Waals surface area contributed by atoms with Gasteiger partial charge in [-0.1, -0.05) is 12.1 Å². The summed E-state index contributed by atoms with van der Waals surface area (Å²) in [5, 5.41) is 3.40. The molecule has 3 unspecified atom stereocenters. The Bertz CT molecular complexity index is 1090. The highest BCUT2D eigenvalue weighted by Gasteiger charge is 2.44. The summed E-state index contributed by atoms with van der Waals surface area (Å²) < 4.78 is 2.25. The Morgan fingerprint density at radius 3 is 2.83 bits per heavy atom. The Hall–Kier alpha value is -2.38. The van der Waals surface area contributed by atoms with E-state index in [9.17, 15) is 4.79 Å². The number of likely N-dealkylation sites (tertiary alicyclic amines) is 1. The first kappa shape index (κ1) is 19.6. The van der Waals surface area contributed by atoms with Gasteiger partial charge in [-0.2, -0.15) is 0 Å². The highest BCUT2D eigenvalue weighted by Crippen LogP contribution is 2.38. The molecule has 1 aromatic carbocycles. The van der Waals surface area contributed by atoms with Crippen LogP contribution in [0.25, 0.3) is 11.2 Å². The van der Waals surface area contributed by atoms with Crippen LogP contribution in [0.4, 0.5) is 0 Å². The average molecular weight is 422 g/mol. The van der Waals surface area contributed by atoms with E-state index in [-0.39, 0.29) is 11.9 Å². The molecule has 1 N–H and O–H groups in total. The summed E-state index contributed by atoms with van der Waals surface area (Å²) in [7, 11) is 1.91. The van der Waals surface area contributed by atoms with E-state index in [1.807, 2.05) is 25.1 Å². The van der Waals surface area contributed by atoms with Crippen molar-refractivity contribution in [2.75, 3.05) is 26.4 Å². The number of aromatic nitrogens is 3. The second-order valence-electron chi connectivity index (χ2n) is 8.41. The Labute approximate surface area is 181 Å². The van der Waals surface area contributed by atoms with Gasteiger partial charge < -0.3 is 14.8 Å². The number of thioether (sulfide) groups is 1. The number of nitrogens with zero attached hydrogens (tertiary/aromatic N) is 4. The number of piperidine rings is 1. The predicted octanol–water partition coefficient (Wildman–Crippen LogP) is 3.04. The monoisotopic (exact) mass is 421 g/mol. The lowest BCUT2D eigenvalue weighted by Gasteiger charge is -2.38. The molecular weight excluding hydrogens is 394 g/mol. The molecule has 3 atom stereocenters. The van der Waals surface area contributed by atoms with E-state index in [0.29, 0.717) is 11.8 Å². The average Bonchev–Trinajstić information content (AvgIpc) is 3.36. The van der Waals surface area contributed by atoms with Crippen LogP contribution in [0.15, 0.2) is 41.4 Å². The molecule has 5 rings (SSSR count). The lowest BCUT2D eigenvalue weighted by molar-refractivity contribution is -0.136.